The zero-order valence-corrected chi connectivity index (χ0v) is 9.56. The topological polar surface area (TPSA) is 24.1 Å². The average Bonchev–Trinajstić information content (AvgIpc) is 2.70. The smallest absolute Gasteiger partial charge is 0.290 e. The van der Waals surface area contributed by atoms with Gasteiger partial charge < -0.3 is 0 Å². The lowest BCUT2D eigenvalue weighted by Gasteiger charge is -2.32. The molecule has 2 rings (SSSR count). The molecule has 1 aliphatic rings. The molecule has 0 bridgehead atoms. The zero-order chi connectivity index (χ0) is 12.5. The van der Waals surface area contributed by atoms with Gasteiger partial charge in [0.15, 0.2) is 5.66 Å². The van der Waals surface area contributed by atoms with Gasteiger partial charge in [-0.25, -0.2) is 0 Å². The van der Waals surface area contributed by atoms with Gasteiger partial charge in [-0.05, 0) is 12.5 Å². The van der Waals surface area contributed by atoms with Crippen LogP contribution in [0.4, 0.5) is 13.2 Å². The minimum absolute atomic E-state index is 0.0865. The van der Waals surface area contributed by atoms with Crippen molar-refractivity contribution in [1.82, 2.24) is 10.6 Å². The third-order valence-corrected chi connectivity index (χ3v) is 3.05. The largest absolute Gasteiger partial charge is 0.420 e. The summed E-state index contributed by atoms with van der Waals surface area (Å²) in [5.74, 6) is 0. The quantitative estimate of drug-likeness (QED) is 0.831. The molecule has 2 N–H and O–H groups in total. The van der Waals surface area contributed by atoms with Crippen molar-refractivity contribution in [3.8, 4) is 0 Å². The molecule has 94 valence electrons. The molecule has 0 amide bonds. The molecule has 0 radical (unpaired) electrons. The Morgan fingerprint density at radius 3 is 2.12 bits per heavy atom. The number of halogens is 3. The summed E-state index contributed by atoms with van der Waals surface area (Å²) < 4.78 is 39.2. The Morgan fingerprint density at radius 2 is 1.65 bits per heavy atom. The number of hydrogen-bond acceptors (Lipinski definition) is 2. The monoisotopic (exact) mass is 244 g/mol. The molecule has 2 nitrogen and oxygen atoms in total. The van der Waals surface area contributed by atoms with Crippen LogP contribution < -0.4 is 10.6 Å². The third-order valence-electron chi connectivity index (χ3n) is 3.05. The molecule has 1 saturated heterocycles. The average molecular weight is 244 g/mol. The lowest BCUT2D eigenvalue weighted by Crippen LogP contribution is -2.62. The first kappa shape index (κ1) is 12.4. The zero-order valence-electron chi connectivity index (χ0n) is 9.56. The van der Waals surface area contributed by atoms with Gasteiger partial charge in [0.25, 0.3) is 0 Å². The minimum Gasteiger partial charge on any atom is -0.290 e. The highest BCUT2D eigenvalue weighted by Crippen LogP contribution is 2.32. The number of alkyl halides is 3. The lowest BCUT2D eigenvalue weighted by atomic mass is 9.99. The van der Waals surface area contributed by atoms with Gasteiger partial charge in [-0.1, -0.05) is 29.8 Å². The van der Waals surface area contributed by atoms with Crippen LogP contribution in [0.3, 0.4) is 0 Å². The van der Waals surface area contributed by atoms with E-state index in [-0.39, 0.29) is 6.42 Å². The van der Waals surface area contributed by atoms with Crippen molar-refractivity contribution >= 4 is 0 Å². The molecule has 0 spiro atoms. The van der Waals surface area contributed by atoms with Crippen LogP contribution in [0.25, 0.3) is 0 Å². The minimum atomic E-state index is -4.30. The van der Waals surface area contributed by atoms with E-state index in [1.165, 1.54) is 0 Å². The molecular weight excluding hydrogens is 229 g/mol. The van der Waals surface area contributed by atoms with E-state index in [1.807, 2.05) is 19.1 Å². The molecular formula is C12H15F3N2. The molecule has 0 aliphatic carbocycles. The van der Waals surface area contributed by atoms with E-state index in [9.17, 15) is 13.2 Å². The Labute approximate surface area is 98.2 Å². The number of nitrogens with one attached hydrogen (secondary N) is 2. The SMILES string of the molecule is Cc1ccc(CC2(C(F)(F)F)NCCN2)cc1. The van der Waals surface area contributed by atoms with Crippen molar-refractivity contribution < 1.29 is 13.2 Å². The van der Waals surface area contributed by atoms with Crippen LogP contribution >= 0.6 is 0 Å². The van der Waals surface area contributed by atoms with Crippen molar-refractivity contribution in [1.29, 1.82) is 0 Å². The fourth-order valence-electron chi connectivity index (χ4n) is 2.05. The van der Waals surface area contributed by atoms with E-state index in [4.69, 9.17) is 0 Å². The Hall–Kier alpha value is -1.07. The maximum Gasteiger partial charge on any atom is 0.420 e. The van der Waals surface area contributed by atoms with Crippen LogP contribution in [0.5, 0.6) is 0 Å². The molecule has 1 aromatic carbocycles. The normalized spacial score (nSPS) is 19.5. The molecule has 0 unspecified atom stereocenters. The first-order chi connectivity index (χ1) is 7.93. The summed E-state index contributed by atoms with van der Waals surface area (Å²) in [6.45, 7) is 2.59. The molecule has 17 heavy (non-hydrogen) atoms. The van der Waals surface area contributed by atoms with E-state index >= 15 is 0 Å². The first-order valence-electron chi connectivity index (χ1n) is 5.55. The van der Waals surface area contributed by atoms with Crippen molar-refractivity contribution in [3.05, 3.63) is 35.4 Å². The van der Waals surface area contributed by atoms with Gasteiger partial charge >= 0.3 is 6.18 Å². The van der Waals surface area contributed by atoms with Crippen molar-refractivity contribution in [2.45, 2.75) is 25.2 Å². The predicted molar refractivity (Wildman–Crippen MR) is 59.7 cm³/mol. The maximum atomic E-state index is 13.1. The summed E-state index contributed by atoms with van der Waals surface area (Å²) in [5, 5.41) is 5.07. The number of aryl methyl sites for hydroxylation is 1. The summed E-state index contributed by atoms with van der Waals surface area (Å²) in [4.78, 5) is 0. The molecule has 0 saturated carbocycles. The van der Waals surface area contributed by atoms with Crippen LogP contribution in [0, 0.1) is 6.92 Å². The Balaban J connectivity index is 2.22. The highest BCUT2D eigenvalue weighted by Gasteiger charge is 2.56. The van der Waals surface area contributed by atoms with Crippen LogP contribution in [0.15, 0.2) is 24.3 Å². The molecule has 0 aromatic heterocycles. The van der Waals surface area contributed by atoms with Gasteiger partial charge in [0.1, 0.15) is 0 Å². The Morgan fingerprint density at radius 1 is 1.12 bits per heavy atom. The van der Waals surface area contributed by atoms with Gasteiger partial charge in [0.05, 0.1) is 0 Å². The number of rotatable bonds is 2. The van der Waals surface area contributed by atoms with Gasteiger partial charge in [-0.15, -0.1) is 0 Å². The van der Waals surface area contributed by atoms with Crippen molar-refractivity contribution in [2.24, 2.45) is 0 Å². The van der Waals surface area contributed by atoms with Gasteiger partial charge in [-0.2, -0.15) is 13.2 Å². The van der Waals surface area contributed by atoms with Crippen molar-refractivity contribution in [3.63, 3.8) is 0 Å². The van der Waals surface area contributed by atoms with Gasteiger partial charge in [0, 0.05) is 19.5 Å². The molecule has 5 heteroatoms. The third kappa shape index (κ3) is 2.45. The summed E-state index contributed by atoms with van der Waals surface area (Å²) in [6.07, 6.45) is -4.38. The fraction of sp³-hybridized carbons (Fsp3) is 0.500. The summed E-state index contributed by atoms with van der Waals surface area (Å²) >= 11 is 0. The number of benzene rings is 1. The van der Waals surface area contributed by atoms with Crippen LogP contribution in [0.2, 0.25) is 0 Å². The van der Waals surface area contributed by atoms with Crippen LogP contribution in [-0.4, -0.2) is 24.9 Å². The van der Waals surface area contributed by atoms with Crippen LogP contribution in [-0.2, 0) is 6.42 Å². The van der Waals surface area contributed by atoms with Gasteiger partial charge in [-0.3, -0.25) is 10.6 Å². The van der Waals surface area contributed by atoms with Crippen LogP contribution in [0.1, 0.15) is 11.1 Å². The fourth-order valence-corrected chi connectivity index (χ4v) is 2.05. The van der Waals surface area contributed by atoms with E-state index in [0.717, 1.165) is 5.56 Å². The summed E-state index contributed by atoms with van der Waals surface area (Å²) in [7, 11) is 0. The summed E-state index contributed by atoms with van der Waals surface area (Å²) in [5.41, 5.74) is -0.251. The predicted octanol–water partition coefficient (Wildman–Crippen LogP) is 1.99. The first-order valence-corrected chi connectivity index (χ1v) is 5.55. The van der Waals surface area contributed by atoms with E-state index in [0.29, 0.717) is 18.7 Å². The highest BCUT2D eigenvalue weighted by molar-refractivity contribution is 5.24. The molecule has 1 heterocycles. The maximum absolute atomic E-state index is 13.1. The van der Waals surface area contributed by atoms with E-state index in [2.05, 4.69) is 10.6 Å². The summed E-state index contributed by atoms with van der Waals surface area (Å²) in [6, 6.07) is 7.14. The highest BCUT2D eigenvalue weighted by atomic mass is 19.4. The molecule has 1 aromatic rings. The van der Waals surface area contributed by atoms with Crippen molar-refractivity contribution in [2.75, 3.05) is 13.1 Å². The molecule has 1 fully saturated rings. The Kier molecular flexibility index (Phi) is 3.14. The standard InChI is InChI=1S/C12H15F3N2/c1-9-2-4-10(5-3-9)8-11(12(13,14)15)16-6-7-17-11/h2-5,16-17H,6-8H2,1H3. The second-order valence-electron chi connectivity index (χ2n) is 4.42. The Bertz CT molecular complexity index is 378. The van der Waals surface area contributed by atoms with Gasteiger partial charge in [0.2, 0.25) is 0 Å². The number of hydrogen-bond donors (Lipinski definition) is 2. The molecule has 0 atom stereocenters. The van der Waals surface area contributed by atoms with E-state index < -0.39 is 11.8 Å². The second-order valence-corrected chi connectivity index (χ2v) is 4.42. The van der Waals surface area contributed by atoms with E-state index in [1.54, 1.807) is 12.1 Å². The lowest BCUT2D eigenvalue weighted by molar-refractivity contribution is -0.199. The molecule has 1 aliphatic heterocycles. The second kappa shape index (κ2) is 4.31.